The molecule has 3 amide bonds. The summed E-state index contributed by atoms with van der Waals surface area (Å²) in [7, 11) is -0.321. The summed E-state index contributed by atoms with van der Waals surface area (Å²) >= 11 is 3.26. The maximum atomic E-state index is 14.4. The van der Waals surface area contributed by atoms with Crippen LogP contribution in [-0.2, 0) is 23.6 Å². The number of ether oxygens (including phenoxy) is 2. The molecule has 586 valence electrons. The maximum absolute atomic E-state index is 14.4. The second-order valence-corrected chi connectivity index (χ2v) is 29.5. The molecule has 0 radical (unpaired) electrons. The molecule has 0 aliphatic carbocycles. The molecule has 0 spiro atoms. The number of aromatic nitrogens is 15. The van der Waals surface area contributed by atoms with E-state index in [0.717, 1.165) is 73.0 Å². The molecule has 9 aromatic rings. The number of benzene rings is 3. The number of nitrogens with two attached hydrogens (primary N) is 3. The number of hydrogen-bond donors (Lipinski definition) is 3. The first kappa shape index (κ1) is 82.3. The van der Waals surface area contributed by atoms with Gasteiger partial charge in [0.25, 0.3) is 0 Å². The number of anilines is 3. The minimum absolute atomic E-state index is 0.00514. The summed E-state index contributed by atoms with van der Waals surface area (Å²) in [4.78, 5) is 52.7. The summed E-state index contributed by atoms with van der Waals surface area (Å²) in [6, 6.07) is 16.0. The Balaban J connectivity index is 0.000000160. The summed E-state index contributed by atoms with van der Waals surface area (Å²) in [5.74, 6) is -7.67. The van der Waals surface area contributed by atoms with E-state index in [9.17, 15) is 53.9 Å². The number of carbonyl (C=O) groups is 3. The molecule has 1 fully saturated rings. The number of tetrazole rings is 3. The zero-order chi connectivity index (χ0) is 80.7. The van der Waals surface area contributed by atoms with Crippen LogP contribution in [0.15, 0.2) is 120 Å². The number of halogens is 10. The Labute approximate surface area is 639 Å². The largest absolute Gasteiger partial charge is 0.490 e. The van der Waals surface area contributed by atoms with E-state index in [-0.39, 0.29) is 101 Å². The van der Waals surface area contributed by atoms with E-state index in [2.05, 4.69) is 111 Å². The number of hydrogen-bond acceptors (Lipinski definition) is 22. The molecule has 6 aromatic heterocycles. The molecule has 10 heterocycles. The zero-order valence-corrected chi connectivity index (χ0v) is 63.5. The van der Waals surface area contributed by atoms with E-state index in [1.54, 1.807) is 34.2 Å². The third kappa shape index (κ3) is 19.9. The van der Waals surface area contributed by atoms with Crippen LogP contribution in [0.5, 0.6) is 0 Å². The molecule has 4 aliphatic rings. The van der Waals surface area contributed by atoms with Crippen LogP contribution >= 0.6 is 15.9 Å². The molecule has 111 heavy (non-hydrogen) atoms. The molecule has 0 unspecified atom stereocenters. The van der Waals surface area contributed by atoms with Gasteiger partial charge in [-0.2, -0.15) is 27.2 Å². The Hall–Kier alpha value is -11.2. The van der Waals surface area contributed by atoms with Gasteiger partial charge in [-0.05, 0) is 237 Å². The highest BCUT2D eigenvalue weighted by atomic mass is 79.9. The van der Waals surface area contributed by atoms with Gasteiger partial charge >= 0.3 is 31.4 Å². The van der Waals surface area contributed by atoms with Crippen molar-refractivity contribution in [1.82, 2.24) is 90.3 Å². The van der Waals surface area contributed by atoms with E-state index < -0.39 is 58.2 Å². The van der Waals surface area contributed by atoms with Gasteiger partial charge in [0.15, 0.2) is 52.4 Å². The topological polar surface area (TPSA) is 345 Å². The van der Waals surface area contributed by atoms with Crippen LogP contribution in [0.2, 0.25) is 0 Å². The first-order valence-electron chi connectivity index (χ1n) is 34.7. The number of nitrogen functional groups attached to an aromatic ring is 3. The molecular weight excluding hydrogens is 1530 g/mol. The number of nitrogens with zero attached hydrogens (tertiary/aromatic N) is 18. The fourth-order valence-corrected chi connectivity index (χ4v) is 11.9. The molecule has 0 bridgehead atoms. The minimum Gasteiger partial charge on any atom is -0.444 e. The second kappa shape index (κ2) is 34.0. The Kier molecular flexibility index (Phi) is 25.2. The van der Waals surface area contributed by atoms with E-state index in [1.165, 1.54) is 54.9 Å². The van der Waals surface area contributed by atoms with Gasteiger partial charge in [-0.25, -0.2) is 50.9 Å². The van der Waals surface area contributed by atoms with Crippen LogP contribution in [0.25, 0.3) is 62.4 Å². The van der Waals surface area contributed by atoms with Crippen molar-refractivity contribution < 1.29 is 72.7 Å². The van der Waals surface area contributed by atoms with Crippen molar-refractivity contribution in [2.24, 2.45) is 0 Å². The summed E-state index contributed by atoms with van der Waals surface area (Å²) in [5.41, 5.74) is 20.7. The summed E-state index contributed by atoms with van der Waals surface area (Å²) in [5, 5.41) is 33.5. The average molecular weight is 1610 g/mol. The maximum Gasteiger partial charge on any atom is 0.490 e. The molecule has 0 saturated carbocycles. The Morgan fingerprint density at radius 3 is 1.24 bits per heavy atom. The van der Waals surface area contributed by atoms with Crippen LogP contribution in [0.1, 0.15) is 119 Å². The number of alkyl halides is 3. The lowest BCUT2D eigenvalue weighted by molar-refractivity contribution is -0.184. The van der Waals surface area contributed by atoms with Crippen LogP contribution in [0.4, 0.5) is 66.6 Å². The SMILES string of the molecule is CC(C)(C)OC(=O)N1CC=C(B2OC(C)(C)C(C)(C)O2)CCC1.CC(C)(C)OC(=O)N1CC=C(c2cnc(N)c(-c3nnnn3-c3cccc(F)c3F)c2)CCC1.Nc1ncc(Br)cc1-c1nnnn1-c1cccc(F)c1F.Nc1ncc(C2=CCN(C(=O)C(F)(F)F)CCC2)cc1-c1nnnn1-c1cccc(F)c1F. The quantitative estimate of drug-likeness (QED) is 0.0892. The fourth-order valence-electron chi connectivity index (χ4n) is 11.5. The van der Waals surface area contributed by atoms with Crippen molar-refractivity contribution in [3.63, 3.8) is 0 Å². The predicted molar refractivity (Wildman–Crippen MR) is 394 cm³/mol. The molecule has 28 nitrogen and oxygen atoms in total. The van der Waals surface area contributed by atoms with Crippen LogP contribution in [0, 0.1) is 34.9 Å². The first-order chi connectivity index (χ1) is 52.3. The zero-order valence-electron chi connectivity index (χ0n) is 61.9. The highest BCUT2D eigenvalue weighted by Crippen LogP contribution is 2.41. The second-order valence-electron chi connectivity index (χ2n) is 28.6. The summed E-state index contributed by atoms with van der Waals surface area (Å²) in [6.07, 6.45) is 8.40. The van der Waals surface area contributed by atoms with Crippen molar-refractivity contribution in [1.29, 1.82) is 0 Å². The van der Waals surface area contributed by atoms with Crippen LogP contribution in [-0.4, -0.2) is 183 Å². The van der Waals surface area contributed by atoms with Crippen molar-refractivity contribution in [3.05, 3.63) is 166 Å². The van der Waals surface area contributed by atoms with Gasteiger partial charge in [0.05, 0.1) is 27.9 Å². The van der Waals surface area contributed by atoms with E-state index in [1.807, 2.05) is 47.6 Å². The molecule has 0 atom stereocenters. The van der Waals surface area contributed by atoms with Crippen molar-refractivity contribution in [2.75, 3.05) is 56.5 Å². The molecule has 6 N–H and O–H groups in total. The lowest BCUT2D eigenvalue weighted by atomic mass is 9.75. The van der Waals surface area contributed by atoms with Crippen LogP contribution in [0.3, 0.4) is 0 Å². The third-order valence-electron chi connectivity index (χ3n) is 17.8. The van der Waals surface area contributed by atoms with Crippen LogP contribution < -0.4 is 17.2 Å². The minimum atomic E-state index is -4.95. The standard InChI is InChI=1S/C23H25F2N7O2.C20H16F5N7O.C17H30BNO4.C12H7BrF2N6/c1-23(2,3)34-22(33)31-10-5-6-14(9-11-31)15-12-16(20(26)27-13-15)21-28-29-30-32(21)18-8-4-7-17(24)19(18)25;21-14-4-1-5-15(16(14)22)32-18(28-29-30-32)13-9-12(10-27-17(13)26)11-3-2-7-31(8-6-11)19(33)20(23,24)25;1-15(2,3)21-14(20)19-11-8-9-13(10-12-19)18-22-16(4,5)17(6,7)23-18;13-6-4-7(11(16)17-5-6)12-18-19-20-21(12)9-3-1-2-8(14)10(9)15/h4,7-9,12-13H,5-6,10-11H2,1-3H3,(H2,26,27);1,4-6,9-10H,2-3,7-8H2,(H2,26,27);10H,8-9,11-12H2,1-7H3;1-5H,(H2,16,17). The van der Waals surface area contributed by atoms with Gasteiger partial charge in [0.2, 0.25) is 0 Å². The highest BCUT2D eigenvalue weighted by molar-refractivity contribution is 9.10. The molecular formula is C72H78BBrF9N21O7. The molecule has 4 aliphatic heterocycles. The average Bonchev–Trinajstić information content (AvgIpc) is 1.51. The third-order valence-corrected chi connectivity index (χ3v) is 18.2. The monoisotopic (exact) mass is 1610 g/mol. The summed E-state index contributed by atoms with van der Waals surface area (Å²) < 4.78 is 149. The van der Waals surface area contributed by atoms with Gasteiger partial charge < -0.3 is 50.7 Å². The Bertz CT molecular complexity index is 4970. The number of rotatable bonds is 9. The number of pyridine rings is 3. The number of allylic oxidation sites excluding steroid dienone is 3. The first-order valence-corrected chi connectivity index (χ1v) is 35.5. The van der Waals surface area contributed by atoms with Gasteiger partial charge in [0, 0.05) is 62.3 Å². The molecule has 1 saturated heterocycles. The van der Waals surface area contributed by atoms with Crippen molar-refractivity contribution in [2.45, 2.75) is 136 Å². The Morgan fingerprint density at radius 1 is 0.505 bits per heavy atom. The molecule has 3 aromatic carbocycles. The Morgan fingerprint density at radius 2 is 0.856 bits per heavy atom. The van der Waals surface area contributed by atoms with Crippen molar-refractivity contribution in [3.8, 4) is 51.2 Å². The molecule has 39 heteroatoms. The summed E-state index contributed by atoms with van der Waals surface area (Å²) in [6.45, 7) is 21.2. The predicted octanol–water partition coefficient (Wildman–Crippen LogP) is 13.1. The smallest absolute Gasteiger partial charge is 0.444 e. The van der Waals surface area contributed by atoms with Gasteiger partial charge in [-0.1, -0.05) is 36.4 Å². The lowest BCUT2D eigenvalue weighted by Crippen LogP contribution is -2.41. The van der Waals surface area contributed by atoms with Gasteiger partial charge in [-0.15, -0.1) is 15.3 Å². The van der Waals surface area contributed by atoms with E-state index >= 15 is 0 Å². The lowest BCUT2D eigenvalue weighted by Gasteiger charge is -2.32. The number of amides is 3. The number of carbonyl (C=O) groups excluding carboxylic acids is 3. The highest BCUT2D eigenvalue weighted by Gasteiger charge is 2.52. The van der Waals surface area contributed by atoms with E-state index in [4.69, 9.17) is 36.0 Å². The van der Waals surface area contributed by atoms with Gasteiger partial charge in [0.1, 0.15) is 45.7 Å². The van der Waals surface area contributed by atoms with Crippen molar-refractivity contribution >= 4 is 69.7 Å². The molecule has 13 rings (SSSR count). The van der Waals surface area contributed by atoms with E-state index in [0.29, 0.717) is 72.2 Å². The fraction of sp³-hybridized carbons (Fsp3) is 0.375. The normalized spacial score (nSPS) is 15.9. The van der Waals surface area contributed by atoms with Gasteiger partial charge in [-0.3, -0.25) is 4.79 Å².